The zero-order chi connectivity index (χ0) is 22.7. The van der Waals surface area contributed by atoms with E-state index in [1.807, 2.05) is 0 Å². The van der Waals surface area contributed by atoms with Crippen LogP contribution in [0.2, 0.25) is 0 Å². The molecule has 5 aliphatic carbocycles. The van der Waals surface area contributed by atoms with Crippen LogP contribution in [-0.2, 0) is 9.78 Å². The van der Waals surface area contributed by atoms with Gasteiger partial charge in [-0.05, 0) is 91.9 Å². The molecular formula is C29H46O3. The van der Waals surface area contributed by atoms with Crippen LogP contribution in [0.5, 0.6) is 0 Å². The fourth-order valence-electron chi connectivity index (χ4n) is 10.2. The van der Waals surface area contributed by atoms with E-state index in [0.717, 1.165) is 48.3 Å². The second-order valence-electron chi connectivity index (χ2n) is 13.9. The van der Waals surface area contributed by atoms with Crippen LogP contribution in [0.4, 0.5) is 0 Å². The van der Waals surface area contributed by atoms with E-state index >= 15 is 0 Å². The van der Waals surface area contributed by atoms with Crippen LogP contribution >= 0.6 is 0 Å². The van der Waals surface area contributed by atoms with Gasteiger partial charge in [-0.1, -0.05) is 47.6 Å². The lowest BCUT2D eigenvalue weighted by atomic mass is 9.42. The third-order valence-electron chi connectivity index (χ3n) is 12.6. The number of aliphatic hydroxyl groups is 1. The largest absolute Gasteiger partial charge is 0.393 e. The minimum Gasteiger partial charge on any atom is -0.393 e. The van der Waals surface area contributed by atoms with Gasteiger partial charge in [-0.25, -0.2) is 9.78 Å². The molecule has 32 heavy (non-hydrogen) atoms. The third-order valence-corrected chi connectivity index (χ3v) is 12.6. The zero-order valence-corrected chi connectivity index (χ0v) is 21.3. The van der Waals surface area contributed by atoms with E-state index in [9.17, 15) is 5.11 Å². The molecule has 0 amide bonds. The molecule has 1 saturated heterocycles. The highest BCUT2D eigenvalue weighted by molar-refractivity contribution is 5.33. The maximum Gasteiger partial charge on any atom is 0.130 e. The summed E-state index contributed by atoms with van der Waals surface area (Å²) in [5, 5.41) is 10.4. The molecule has 0 aromatic carbocycles. The molecule has 0 unspecified atom stereocenters. The lowest BCUT2D eigenvalue weighted by molar-refractivity contribution is -0.497. The quantitative estimate of drug-likeness (QED) is 0.396. The minimum absolute atomic E-state index is 0.0819. The highest BCUT2D eigenvalue weighted by atomic mass is 17.2. The van der Waals surface area contributed by atoms with Crippen molar-refractivity contribution in [3.8, 4) is 0 Å². The van der Waals surface area contributed by atoms with E-state index < -0.39 is 5.60 Å². The molecule has 5 fully saturated rings. The van der Waals surface area contributed by atoms with Crippen molar-refractivity contribution >= 4 is 0 Å². The van der Waals surface area contributed by atoms with Gasteiger partial charge in [0.25, 0.3) is 0 Å². The Bertz CT molecular complexity index is 806. The topological polar surface area (TPSA) is 38.7 Å². The minimum atomic E-state index is -0.426. The monoisotopic (exact) mass is 442 g/mol. The van der Waals surface area contributed by atoms with Crippen LogP contribution in [-0.4, -0.2) is 22.4 Å². The molecule has 4 saturated carbocycles. The van der Waals surface area contributed by atoms with Gasteiger partial charge in [0.2, 0.25) is 0 Å². The average Bonchev–Trinajstić information content (AvgIpc) is 3.47. The molecule has 1 N–H and O–H groups in total. The standard InChI is InChI=1S/C29H46O3/c1-17(2)18(3)21-15-22(21)19(4)23-7-8-24-26(23,5)11-10-25-27(6)12-9-20(30)16-28(27)13-14-29(24,25)32-31-28/h13-14,17-25,30H,7-12,15-16H2,1-6H3/t18-,19-,20+,21-,22-,23-,24-,25-,26-,27-,28-,29+/m1/s1. The van der Waals surface area contributed by atoms with Gasteiger partial charge < -0.3 is 5.11 Å². The zero-order valence-electron chi connectivity index (χ0n) is 21.3. The van der Waals surface area contributed by atoms with Gasteiger partial charge in [-0.3, -0.25) is 0 Å². The van der Waals surface area contributed by atoms with Crippen molar-refractivity contribution in [2.45, 2.75) is 110 Å². The molecule has 3 nitrogen and oxygen atoms in total. The van der Waals surface area contributed by atoms with Crippen molar-refractivity contribution in [2.24, 2.45) is 58.2 Å². The van der Waals surface area contributed by atoms with Crippen molar-refractivity contribution in [3.05, 3.63) is 12.2 Å². The van der Waals surface area contributed by atoms with Gasteiger partial charge >= 0.3 is 0 Å². The molecule has 180 valence electrons. The molecule has 7 rings (SSSR count). The summed E-state index contributed by atoms with van der Waals surface area (Å²) in [7, 11) is 0. The molecule has 2 heterocycles. The molecular weight excluding hydrogens is 396 g/mol. The fourth-order valence-corrected chi connectivity index (χ4v) is 10.2. The lowest BCUT2D eigenvalue weighted by Gasteiger charge is -2.69. The van der Waals surface area contributed by atoms with Crippen LogP contribution in [0, 0.1) is 58.2 Å². The predicted molar refractivity (Wildman–Crippen MR) is 127 cm³/mol. The number of hydrogen-bond donors (Lipinski definition) is 1. The second-order valence-corrected chi connectivity index (χ2v) is 13.9. The first-order chi connectivity index (χ1) is 15.1. The number of aliphatic hydroxyl groups excluding tert-OH is 1. The molecule has 7 aliphatic rings. The van der Waals surface area contributed by atoms with Crippen LogP contribution in [0.3, 0.4) is 0 Å². The van der Waals surface area contributed by atoms with Crippen LogP contribution < -0.4 is 0 Å². The fraction of sp³-hybridized carbons (Fsp3) is 0.931. The number of hydrogen-bond acceptors (Lipinski definition) is 3. The molecule has 0 radical (unpaired) electrons. The van der Waals surface area contributed by atoms with E-state index in [1.165, 1.54) is 32.1 Å². The summed E-state index contributed by atoms with van der Waals surface area (Å²) in [6.07, 6.45) is 13.8. The molecule has 3 heteroatoms. The molecule has 0 aromatic heterocycles. The molecule has 2 spiro atoms. The van der Waals surface area contributed by atoms with Crippen LogP contribution in [0.1, 0.15) is 92.9 Å². The van der Waals surface area contributed by atoms with Crippen molar-refractivity contribution in [3.63, 3.8) is 0 Å². The van der Waals surface area contributed by atoms with Crippen LogP contribution in [0.25, 0.3) is 0 Å². The highest BCUT2D eigenvalue weighted by Gasteiger charge is 2.74. The van der Waals surface area contributed by atoms with E-state index in [2.05, 4.69) is 53.7 Å². The number of rotatable bonds is 4. The summed E-state index contributed by atoms with van der Waals surface area (Å²) in [6.45, 7) is 14.9. The number of fused-ring (bicyclic) bond motifs is 2. The summed E-state index contributed by atoms with van der Waals surface area (Å²) in [6, 6.07) is 0. The summed E-state index contributed by atoms with van der Waals surface area (Å²) in [5.41, 5.74) is -0.253. The second kappa shape index (κ2) is 6.85. The first kappa shape index (κ1) is 22.1. The van der Waals surface area contributed by atoms with E-state index in [1.54, 1.807) is 0 Å². The molecule has 2 bridgehead atoms. The highest BCUT2D eigenvalue weighted by Crippen LogP contribution is 2.73. The summed E-state index contributed by atoms with van der Waals surface area (Å²) in [5.74, 6) is 6.23. The Morgan fingerprint density at radius 2 is 1.66 bits per heavy atom. The summed E-state index contributed by atoms with van der Waals surface area (Å²) >= 11 is 0. The van der Waals surface area contributed by atoms with Gasteiger partial charge in [0.15, 0.2) is 0 Å². The smallest absolute Gasteiger partial charge is 0.130 e. The SMILES string of the molecule is CC(C)[C@@H](C)[C@H]1C[C@@H]1[C@@H](C)[C@H]1CC[C@@H]2[C@]1(C)CC[C@H]1[C@]23C=C[C@]2(C[C@@H](O)CC[C@]12C)OO3. The normalized spacial score (nSPS) is 57.6. The first-order valence-electron chi connectivity index (χ1n) is 13.8. The van der Waals surface area contributed by atoms with Crippen molar-refractivity contribution < 1.29 is 14.9 Å². The van der Waals surface area contributed by atoms with Crippen molar-refractivity contribution in [1.29, 1.82) is 0 Å². The Balaban J connectivity index is 1.29. The maximum atomic E-state index is 10.4. The average molecular weight is 443 g/mol. The lowest BCUT2D eigenvalue weighted by Crippen LogP contribution is -2.73. The van der Waals surface area contributed by atoms with Gasteiger partial charge in [0.05, 0.1) is 6.10 Å². The molecule has 12 atom stereocenters. The molecule has 2 aliphatic heterocycles. The van der Waals surface area contributed by atoms with Gasteiger partial charge in [0, 0.05) is 23.7 Å². The van der Waals surface area contributed by atoms with Gasteiger partial charge in [-0.15, -0.1) is 0 Å². The van der Waals surface area contributed by atoms with Crippen molar-refractivity contribution in [2.75, 3.05) is 0 Å². The predicted octanol–water partition coefficient (Wildman–Crippen LogP) is 6.55. The van der Waals surface area contributed by atoms with E-state index in [4.69, 9.17) is 9.78 Å². The van der Waals surface area contributed by atoms with Crippen molar-refractivity contribution in [1.82, 2.24) is 0 Å². The van der Waals surface area contributed by atoms with Gasteiger partial charge in [-0.2, -0.15) is 0 Å². The Hall–Kier alpha value is -0.380. The molecule has 0 aromatic rings. The Labute approximate surface area is 195 Å². The maximum absolute atomic E-state index is 10.4. The Morgan fingerprint density at radius 1 is 0.875 bits per heavy atom. The van der Waals surface area contributed by atoms with Crippen LogP contribution in [0.15, 0.2) is 12.2 Å². The van der Waals surface area contributed by atoms with E-state index in [-0.39, 0.29) is 17.1 Å². The Morgan fingerprint density at radius 3 is 2.34 bits per heavy atom. The van der Waals surface area contributed by atoms with E-state index in [0.29, 0.717) is 23.7 Å². The summed E-state index contributed by atoms with van der Waals surface area (Å²) in [4.78, 5) is 12.9. The summed E-state index contributed by atoms with van der Waals surface area (Å²) < 4.78 is 0. The van der Waals surface area contributed by atoms with Gasteiger partial charge in [0.1, 0.15) is 11.2 Å². The Kier molecular flexibility index (Phi) is 4.73. The third kappa shape index (κ3) is 2.60. The first-order valence-corrected chi connectivity index (χ1v) is 13.8.